The second-order valence-corrected chi connectivity index (χ2v) is 6.47. The number of amides is 2. The Bertz CT molecular complexity index is 620. The van der Waals surface area contributed by atoms with Gasteiger partial charge in [-0.1, -0.05) is 6.92 Å². The van der Waals surface area contributed by atoms with E-state index in [4.69, 9.17) is 0 Å². The van der Waals surface area contributed by atoms with Crippen LogP contribution in [0.1, 0.15) is 20.3 Å². The van der Waals surface area contributed by atoms with Crippen LogP contribution in [0.5, 0.6) is 0 Å². The number of aliphatic hydroxyl groups is 1. The molecule has 0 bridgehead atoms. The summed E-state index contributed by atoms with van der Waals surface area (Å²) in [4.78, 5) is 61.8. The summed E-state index contributed by atoms with van der Waals surface area (Å²) < 4.78 is 13.9. The lowest BCUT2D eigenvalue weighted by molar-refractivity contribution is -0.163. The van der Waals surface area contributed by atoms with Gasteiger partial charge in [0, 0.05) is 25.8 Å². The van der Waals surface area contributed by atoms with Crippen molar-refractivity contribution in [2.24, 2.45) is 11.8 Å². The maximum absolute atomic E-state index is 12.7. The van der Waals surface area contributed by atoms with Gasteiger partial charge in [-0.2, -0.15) is 0 Å². The molecule has 0 saturated carbocycles. The molecule has 1 heterocycles. The molecule has 4 atom stereocenters. The molecule has 11 nitrogen and oxygen atoms in total. The summed E-state index contributed by atoms with van der Waals surface area (Å²) in [6, 6.07) is -2.39. The topological polar surface area (TPSA) is 149 Å². The standard InChI is InChI=1S/C17H26N2O9/c1-8(12(15(23)26-3)16(24)27-4)13(17(25)28-5)18-14(22)11-6-10(21)7-19(11)9(2)20/h8,10-13,21H,6-7H2,1-5H3,(H,18,22)/t8-,10-,11+,13+/m1/s1. The van der Waals surface area contributed by atoms with E-state index in [2.05, 4.69) is 19.5 Å². The summed E-state index contributed by atoms with van der Waals surface area (Å²) in [6.45, 7) is 2.62. The third-order valence-corrected chi connectivity index (χ3v) is 4.70. The van der Waals surface area contributed by atoms with E-state index in [0.717, 1.165) is 21.3 Å². The Morgan fingerprint density at radius 3 is 1.93 bits per heavy atom. The highest BCUT2D eigenvalue weighted by atomic mass is 16.5. The van der Waals surface area contributed by atoms with Crippen molar-refractivity contribution in [1.82, 2.24) is 10.2 Å². The molecular formula is C17H26N2O9. The summed E-state index contributed by atoms with van der Waals surface area (Å²) in [5, 5.41) is 12.2. The molecule has 11 heteroatoms. The number of ether oxygens (including phenoxy) is 3. The zero-order valence-corrected chi connectivity index (χ0v) is 16.5. The van der Waals surface area contributed by atoms with Crippen LogP contribution in [-0.4, -0.2) is 85.8 Å². The molecule has 1 rings (SSSR count). The van der Waals surface area contributed by atoms with Gasteiger partial charge in [-0.15, -0.1) is 0 Å². The van der Waals surface area contributed by atoms with E-state index in [1.165, 1.54) is 18.7 Å². The Balaban J connectivity index is 3.12. The fourth-order valence-electron chi connectivity index (χ4n) is 3.16. The van der Waals surface area contributed by atoms with Crippen molar-refractivity contribution < 1.29 is 43.3 Å². The molecular weight excluding hydrogens is 376 g/mol. The summed E-state index contributed by atoms with van der Waals surface area (Å²) >= 11 is 0. The van der Waals surface area contributed by atoms with E-state index < -0.39 is 59.7 Å². The van der Waals surface area contributed by atoms with Gasteiger partial charge in [0.25, 0.3) is 0 Å². The number of rotatable bonds is 7. The second-order valence-electron chi connectivity index (χ2n) is 6.47. The Kier molecular flexibility index (Phi) is 8.35. The quantitative estimate of drug-likeness (QED) is 0.286. The van der Waals surface area contributed by atoms with Crippen LogP contribution in [-0.2, 0) is 38.2 Å². The van der Waals surface area contributed by atoms with Crippen molar-refractivity contribution in [3.8, 4) is 0 Å². The minimum Gasteiger partial charge on any atom is -0.468 e. The maximum Gasteiger partial charge on any atom is 0.328 e. The highest BCUT2D eigenvalue weighted by Gasteiger charge is 2.44. The van der Waals surface area contributed by atoms with Crippen molar-refractivity contribution >= 4 is 29.7 Å². The van der Waals surface area contributed by atoms with E-state index in [0.29, 0.717) is 0 Å². The van der Waals surface area contributed by atoms with Crippen molar-refractivity contribution in [2.45, 2.75) is 38.5 Å². The zero-order chi connectivity index (χ0) is 21.6. The van der Waals surface area contributed by atoms with Crippen LogP contribution in [0.3, 0.4) is 0 Å². The Morgan fingerprint density at radius 1 is 1.00 bits per heavy atom. The SMILES string of the molecule is COC(=O)C(C(=O)OC)[C@@H](C)[C@H](NC(=O)[C@@H]1C[C@@H](O)CN1C(C)=O)C(=O)OC. The van der Waals surface area contributed by atoms with Gasteiger partial charge >= 0.3 is 17.9 Å². The Morgan fingerprint density at radius 2 is 1.50 bits per heavy atom. The van der Waals surface area contributed by atoms with Crippen LogP contribution in [0.4, 0.5) is 0 Å². The van der Waals surface area contributed by atoms with Gasteiger partial charge in [0.2, 0.25) is 11.8 Å². The van der Waals surface area contributed by atoms with E-state index in [-0.39, 0.29) is 13.0 Å². The Hall–Kier alpha value is -2.69. The number of likely N-dealkylation sites (tertiary alicyclic amines) is 1. The van der Waals surface area contributed by atoms with Crippen molar-refractivity contribution in [3.05, 3.63) is 0 Å². The minimum atomic E-state index is -1.49. The molecule has 28 heavy (non-hydrogen) atoms. The molecule has 0 aliphatic carbocycles. The largest absolute Gasteiger partial charge is 0.468 e. The molecule has 0 radical (unpaired) electrons. The fourth-order valence-corrected chi connectivity index (χ4v) is 3.16. The molecule has 0 aromatic heterocycles. The number of nitrogens with zero attached hydrogens (tertiary/aromatic N) is 1. The highest BCUT2D eigenvalue weighted by Crippen LogP contribution is 2.23. The summed E-state index contributed by atoms with van der Waals surface area (Å²) in [5.74, 6) is -6.48. The lowest BCUT2D eigenvalue weighted by Crippen LogP contribution is -2.55. The monoisotopic (exact) mass is 402 g/mol. The van der Waals surface area contributed by atoms with Crippen molar-refractivity contribution in [3.63, 3.8) is 0 Å². The molecule has 0 spiro atoms. The van der Waals surface area contributed by atoms with E-state index >= 15 is 0 Å². The molecule has 2 amide bonds. The lowest BCUT2D eigenvalue weighted by atomic mass is 9.87. The first-order valence-electron chi connectivity index (χ1n) is 8.58. The molecule has 0 unspecified atom stereocenters. The van der Waals surface area contributed by atoms with E-state index in [1.54, 1.807) is 0 Å². The first-order chi connectivity index (χ1) is 13.1. The molecule has 1 aliphatic heterocycles. The first kappa shape index (κ1) is 23.3. The molecule has 2 N–H and O–H groups in total. The number of methoxy groups -OCH3 is 3. The Labute approximate surface area is 162 Å². The van der Waals surface area contributed by atoms with Crippen LogP contribution >= 0.6 is 0 Å². The van der Waals surface area contributed by atoms with Gasteiger partial charge in [0.05, 0.1) is 27.4 Å². The summed E-state index contributed by atoms with van der Waals surface area (Å²) in [6.07, 6.45) is -0.892. The molecule has 0 aromatic rings. The van der Waals surface area contributed by atoms with Crippen molar-refractivity contribution in [1.29, 1.82) is 0 Å². The van der Waals surface area contributed by atoms with Crippen LogP contribution < -0.4 is 5.32 Å². The molecule has 1 saturated heterocycles. The lowest BCUT2D eigenvalue weighted by Gasteiger charge is -2.29. The normalized spacial score (nSPS) is 20.9. The first-order valence-corrected chi connectivity index (χ1v) is 8.58. The number of nitrogens with one attached hydrogen (secondary N) is 1. The van der Waals surface area contributed by atoms with Crippen LogP contribution in [0.25, 0.3) is 0 Å². The molecule has 1 aliphatic rings. The van der Waals surface area contributed by atoms with E-state index in [1.807, 2.05) is 0 Å². The zero-order valence-electron chi connectivity index (χ0n) is 16.5. The number of carbonyl (C=O) groups is 5. The fraction of sp³-hybridized carbons (Fsp3) is 0.706. The average Bonchev–Trinajstić information content (AvgIpc) is 3.07. The third-order valence-electron chi connectivity index (χ3n) is 4.70. The average molecular weight is 402 g/mol. The minimum absolute atomic E-state index is 0.00881. The number of carbonyl (C=O) groups excluding carboxylic acids is 5. The van der Waals surface area contributed by atoms with Crippen molar-refractivity contribution in [2.75, 3.05) is 27.9 Å². The van der Waals surface area contributed by atoms with Gasteiger partial charge in [0.1, 0.15) is 12.1 Å². The number of hydrogen-bond acceptors (Lipinski definition) is 9. The van der Waals surface area contributed by atoms with Gasteiger partial charge in [0.15, 0.2) is 5.92 Å². The van der Waals surface area contributed by atoms with Gasteiger partial charge in [-0.25, -0.2) is 4.79 Å². The van der Waals surface area contributed by atoms with Crippen LogP contribution in [0.2, 0.25) is 0 Å². The highest BCUT2D eigenvalue weighted by molar-refractivity contribution is 5.97. The third kappa shape index (κ3) is 5.18. The molecule has 158 valence electrons. The number of aliphatic hydroxyl groups excluding tert-OH is 1. The van der Waals surface area contributed by atoms with Gasteiger partial charge < -0.3 is 29.5 Å². The number of hydrogen-bond donors (Lipinski definition) is 2. The van der Waals surface area contributed by atoms with Crippen LogP contribution in [0.15, 0.2) is 0 Å². The maximum atomic E-state index is 12.7. The molecule has 0 aromatic carbocycles. The van der Waals surface area contributed by atoms with Gasteiger partial charge in [-0.3, -0.25) is 19.2 Å². The predicted octanol–water partition coefficient (Wildman–Crippen LogP) is -1.78. The number of β-amino-alcohol motifs (C(OH)–C–C–N with tert-alkyl or cyclic N) is 1. The smallest absolute Gasteiger partial charge is 0.328 e. The van der Waals surface area contributed by atoms with E-state index in [9.17, 15) is 29.1 Å². The second kappa shape index (κ2) is 10.0. The summed E-state index contributed by atoms with van der Waals surface area (Å²) in [7, 11) is 3.23. The summed E-state index contributed by atoms with van der Waals surface area (Å²) in [5.41, 5.74) is 0. The van der Waals surface area contributed by atoms with Gasteiger partial charge in [-0.05, 0) is 0 Å². The molecule has 1 fully saturated rings. The van der Waals surface area contributed by atoms with Crippen LogP contribution in [0, 0.1) is 11.8 Å². The predicted molar refractivity (Wildman–Crippen MR) is 92.4 cm³/mol. The number of esters is 3.